The first kappa shape index (κ1) is 11.1. The van der Waals surface area contributed by atoms with Gasteiger partial charge in [-0.05, 0) is 25.0 Å². The smallest absolute Gasteiger partial charge is 0.123 e. The Bertz CT molecular complexity index is 419. The molecule has 3 rings (SSSR count). The van der Waals surface area contributed by atoms with Gasteiger partial charge in [0, 0.05) is 26.1 Å². The van der Waals surface area contributed by atoms with Crippen molar-refractivity contribution in [1.29, 1.82) is 0 Å². The number of rotatable bonds is 2. The second-order valence-corrected chi connectivity index (χ2v) is 5.26. The Labute approximate surface area is 102 Å². The zero-order chi connectivity index (χ0) is 11.8. The maximum absolute atomic E-state index is 9.50. The summed E-state index contributed by atoms with van der Waals surface area (Å²) in [4.78, 5) is 2.30. The standard InChI is InChI=1S/C14H19NO2/c1-10-2-3-14-11(6-10)7-13(17-14)9-15-5-4-12(16)8-15/h2-3,6,12-13,16H,4-5,7-9H2,1H3/t12-,13?/m1/s1. The van der Waals surface area contributed by atoms with Crippen molar-refractivity contribution in [3.8, 4) is 5.75 Å². The lowest BCUT2D eigenvalue weighted by molar-refractivity contribution is 0.142. The van der Waals surface area contributed by atoms with E-state index in [0.29, 0.717) is 0 Å². The molecule has 2 atom stereocenters. The van der Waals surface area contributed by atoms with Crippen LogP contribution in [0.25, 0.3) is 0 Å². The predicted octanol–water partition coefficient (Wildman–Crippen LogP) is 1.37. The molecule has 0 saturated carbocycles. The second-order valence-electron chi connectivity index (χ2n) is 5.26. The fourth-order valence-electron chi connectivity index (χ4n) is 2.82. The summed E-state index contributed by atoms with van der Waals surface area (Å²) in [5, 5.41) is 9.50. The molecule has 0 aliphatic carbocycles. The highest BCUT2D eigenvalue weighted by molar-refractivity contribution is 5.40. The first-order valence-corrected chi connectivity index (χ1v) is 6.37. The van der Waals surface area contributed by atoms with Crippen LogP contribution in [0.4, 0.5) is 0 Å². The van der Waals surface area contributed by atoms with E-state index in [0.717, 1.165) is 38.2 Å². The average molecular weight is 233 g/mol. The van der Waals surface area contributed by atoms with Gasteiger partial charge in [-0.3, -0.25) is 4.90 Å². The second kappa shape index (κ2) is 4.31. The summed E-state index contributed by atoms with van der Waals surface area (Å²) in [6.45, 7) is 4.85. The molecule has 1 saturated heterocycles. The van der Waals surface area contributed by atoms with Crippen molar-refractivity contribution in [2.45, 2.75) is 32.0 Å². The number of aliphatic hydroxyl groups is 1. The summed E-state index contributed by atoms with van der Waals surface area (Å²) in [6, 6.07) is 6.39. The van der Waals surface area contributed by atoms with Crippen molar-refractivity contribution in [3.05, 3.63) is 29.3 Å². The third kappa shape index (κ3) is 2.31. The first-order valence-electron chi connectivity index (χ1n) is 6.37. The van der Waals surface area contributed by atoms with E-state index in [2.05, 4.69) is 30.0 Å². The van der Waals surface area contributed by atoms with E-state index in [4.69, 9.17) is 4.74 Å². The zero-order valence-corrected chi connectivity index (χ0v) is 10.2. The van der Waals surface area contributed by atoms with Gasteiger partial charge in [-0.25, -0.2) is 0 Å². The quantitative estimate of drug-likeness (QED) is 0.837. The molecule has 92 valence electrons. The molecule has 0 amide bonds. The van der Waals surface area contributed by atoms with Crippen LogP contribution in [0.1, 0.15) is 17.5 Å². The zero-order valence-electron chi connectivity index (χ0n) is 10.2. The monoisotopic (exact) mass is 233 g/mol. The molecule has 2 aliphatic rings. The molecule has 2 aliphatic heterocycles. The Morgan fingerprint density at radius 1 is 1.47 bits per heavy atom. The highest BCUT2D eigenvalue weighted by Crippen LogP contribution is 2.30. The molecule has 1 fully saturated rings. The van der Waals surface area contributed by atoms with Crippen LogP contribution in [-0.4, -0.2) is 41.8 Å². The van der Waals surface area contributed by atoms with Crippen LogP contribution in [0.2, 0.25) is 0 Å². The van der Waals surface area contributed by atoms with Crippen LogP contribution >= 0.6 is 0 Å². The summed E-state index contributed by atoms with van der Waals surface area (Å²) in [6.07, 6.45) is 2.03. The highest BCUT2D eigenvalue weighted by atomic mass is 16.5. The number of aliphatic hydroxyl groups excluding tert-OH is 1. The van der Waals surface area contributed by atoms with Gasteiger partial charge < -0.3 is 9.84 Å². The van der Waals surface area contributed by atoms with E-state index in [1.54, 1.807) is 0 Å². The summed E-state index contributed by atoms with van der Waals surface area (Å²) in [7, 11) is 0. The van der Waals surface area contributed by atoms with Gasteiger partial charge in [-0.2, -0.15) is 0 Å². The number of ether oxygens (including phenoxy) is 1. The molecule has 3 heteroatoms. The van der Waals surface area contributed by atoms with E-state index in [9.17, 15) is 5.11 Å². The summed E-state index contributed by atoms with van der Waals surface area (Å²) >= 11 is 0. The van der Waals surface area contributed by atoms with E-state index in [1.165, 1.54) is 11.1 Å². The van der Waals surface area contributed by atoms with Gasteiger partial charge in [0.05, 0.1) is 6.10 Å². The van der Waals surface area contributed by atoms with Gasteiger partial charge in [0.15, 0.2) is 0 Å². The summed E-state index contributed by atoms with van der Waals surface area (Å²) in [5.41, 5.74) is 2.62. The molecule has 0 spiro atoms. The van der Waals surface area contributed by atoms with Gasteiger partial charge in [0.2, 0.25) is 0 Å². The van der Waals surface area contributed by atoms with Crippen LogP contribution in [0.15, 0.2) is 18.2 Å². The van der Waals surface area contributed by atoms with E-state index >= 15 is 0 Å². The number of hydrogen-bond donors (Lipinski definition) is 1. The Morgan fingerprint density at radius 2 is 2.35 bits per heavy atom. The van der Waals surface area contributed by atoms with Crippen LogP contribution < -0.4 is 4.74 Å². The Kier molecular flexibility index (Phi) is 2.81. The number of likely N-dealkylation sites (tertiary alicyclic amines) is 1. The van der Waals surface area contributed by atoms with Crippen molar-refractivity contribution in [3.63, 3.8) is 0 Å². The molecular formula is C14H19NO2. The number of β-amino-alcohol motifs (C(OH)–C–C–N with tert-alkyl or cyclic N) is 1. The van der Waals surface area contributed by atoms with Crippen molar-refractivity contribution in [2.24, 2.45) is 0 Å². The summed E-state index contributed by atoms with van der Waals surface area (Å²) in [5.74, 6) is 1.04. The van der Waals surface area contributed by atoms with Crippen molar-refractivity contribution >= 4 is 0 Å². The molecule has 3 nitrogen and oxygen atoms in total. The van der Waals surface area contributed by atoms with E-state index < -0.39 is 0 Å². The SMILES string of the molecule is Cc1ccc2c(c1)CC(CN1CC[C@@H](O)C1)O2. The van der Waals surface area contributed by atoms with Crippen LogP contribution in [-0.2, 0) is 6.42 Å². The molecule has 17 heavy (non-hydrogen) atoms. The minimum Gasteiger partial charge on any atom is -0.488 e. The minimum absolute atomic E-state index is 0.138. The van der Waals surface area contributed by atoms with Gasteiger partial charge in [-0.1, -0.05) is 17.7 Å². The van der Waals surface area contributed by atoms with Crippen molar-refractivity contribution in [2.75, 3.05) is 19.6 Å². The number of fused-ring (bicyclic) bond motifs is 1. The topological polar surface area (TPSA) is 32.7 Å². The minimum atomic E-state index is -0.138. The Balaban J connectivity index is 1.62. The number of hydrogen-bond acceptors (Lipinski definition) is 3. The summed E-state index contributed by atoms with van der Waals surface area (Å²) < 4.78 is 5.94. The fourth-order valence-corrected chi connectivity index (χ4v) is 2.82. The Hall–Kier alpha value is -1.06. The van der Waals surface area contributed by atoms with E-state index in [-0.39, 0.29) is 12.2 Å². The number of aryl methyl sites for hydroxylation is 1. The van der Waals surface area contributed by atoms with Crippen molar-refractivity contribution in [1.82, 2.24) is 4.90 Å². The molecule has 0 aromatic heterocycles. The lowest BCUT2D eigenvalue weighted by Gasteiger charge is -2.19. The molecule has 0 bridgehead atoms. The Morgan fingerprint density at radius 3 is 3.12 bits per heavy atom. The van der Waals surface area contributed by atoms with Crippen molar-refractivity contribution < 1.29 is 9.84 Å². The van der Waals surface area contributed by atoms with Gasteiger partial charge in [-0.15, -0.1) is 0 Å². The highest BCUT2D eigenvalue weighted by Gasteiger charge is 2.28. The molecule has 2 heterocycles. The fraction of sp³-hybridized carbons (Fsp3) is 0.571. The third-order valence-electron chi connectivity index (χ3n) is 3.67. The predicted molar refractivity (Wildman–Crippen MR) is 66.4 cm³/mol. The molecule has 0 radical (unpaired) electrons. The molecule has 1 aromatic carbocycles. The van der Waals surface area contributed by atoms with Gasteiger partial charge >= 0.3 is 0 Å². The van der Waals surface area contributed by atoms with Gasteiger partial charge in [0.25, 0.3) is 0 Å². The average Bonchev–Trinajstić information content (AvgIpc) is 2.84. The molecular weight excluding hydrogens is 214 g/mol. The maximum Gasteiger partial charge on any atom is 0.123 e. The first-order chi connectivity index (χ1) is 8.20. The van der Waals surface area contributed by atoms with Crippen LogP contribution in [0.3, 0.4) is 0 Å². The lowest BCUT2D eigenvalue weighted by atomic mass is 10.1. The molecule has 1 N–H and O–H groups in total. The number of nitrogens with zero attached hydrogens (tertiary/aromatic N) is 1. The van der Waals surface area contributed by atoms with Crippen LogP contribution in [0, 0.1) is 6.92 Å². The number of benzene rings is 1. The molecule has 1 unspecified atom stereocenters. The lowest BCUT2D eigenvalue weighted by Crippen LogP contribution is -2.33. The van der Waals surface area contributed by atoms with E-state index in [1.807, 2.05) is 0 Å². The van der Waals surface area contributed by atoms with Gasteiger partial charge in [0.1, 0.15) is 11.9 Å². The largest absolute Gasteiger partial charge is 0.488 e. The third-order valence-corrected chi connectivity index (χ3v) is 3.67. The molecule has 1 aromatic rings. The van der Waals surface area contributed by atoms with Crippen LogP contribution in [0.5, 0.6) is 5.75 Å². The normalized spacial score (nSPS) is 28.1. The maximum atomic E-state index is 9.50.